The van der Waals surface area contributed by atoms with Gasteiger partial charge < -0.3 is 5.32 Å². The summed E-state index contributed by atoms with van der Waals surface area (Å²) in [5, 5.41) is 3.24. The SMILES string of the molecule is CCCC(=O)Nc1nc2ccc(S(=O)(=O)N(CC)CC)cc2s1. The smallest absolute Gasteiger partial charge is 0.243 e. The molecule has 1 amide bonds. The summed E-state index contributed by atoms with van der Waals surface area (Å²) in [4.78, 5) is 16.2. The molecule has 126 valence electrons. The lowest BCUT2D eigenvalue weighted by Crippen LogP contribution is -2.30. The van der Waals surface area contributed by atoms with Crippen LogP contribution < -0.4 is 5.32 Å². The molecule has 6 nitrogen and oxygen atoms in total. The van der Waals surface area contributed by atoms with Crippen molar-refractivity contribution in [3.05, 3.63) is 18.2 Å². The van der Waals surface area contributed by atoms with Crippen molar-refractivity contribution in [1.82, 2.24) is 9.29 Å². The highest BCUT2D eigenvalue weighted by Gasteiger charge is 2.22. The number of thiazole rings is 1. The number of fused-ring (bicyclic) bond motifs is 1. The first-order valence-corrected chi connectivity index (χ1v) is 9.88. The van der Waals surface area contributed by atoms with Crippen LogP contribution in [0.25, 0.3) is 10.2 Å². The topological polar surface area (TPSA) is 79.4 Å². The molecule has 0 saturated heterocycles. The van der Waals surface area contributed by atoms with Crippen LogP contribution in [0.3, 0.4) is 0 Å². The maximum atomic E-state index is 12.5. The Kier molecular flexibility index (Phi) is 5.72. The number of carbonyl (C=O) groups is 1. The molecule has 0 spiro atoms. The van der Waals surface area contributed by atoms with Gasteiger partial charge in [0.1, 0.15) is 0 Å². The van der Waals surface area contributed by atoms with E-state index in [2.05, 4.69) is 10.3 Å². The van der Waals surface area contributed by atoms with E-state index in [-0.39, 0.29) is 10.8 Å². The van der Waals surface area contributed by atoms with Crippen molar-refractivity contribution in [3.8, 4) is 0 Å². The summed E-state index contributed by atoms with van der Waals surface area (Å²) in [6, 6.07) is 4.86. The average molecular weight is 355 g/mol. The summed E-state index contributed by atoms with van der Waals surface area (Å²) in [6.07, 6.45) is 1.21. The Morgan fingerprint density at radius 3 is 2.57 bits per heavy atom. The molecule has 0 radical (unpaired) electrons. The number of carbonyl (C=O) groups excluding carboxylic acids is 1. The van der Waals surface area contributed by atoms with Crippen molar-refractivity contribution < 1.29 is 13.2 Å². The van der Waals surface area contributed by atoms with Gasteiger partial charge >= 0.3 is 0 Å². The molecule has 2 rings (SSSR count). The van der Waals surface area contributed by atoms with Gasteiger partial charge in [-0.2, -0.15) is 4.31 Å². The molecular formula is C15H21N3O3S2. The van der Waals surface area contributed by atoms with Crippen LogP contribution in [0.2, 0.25) is 0 Å². The summed E-state index contributed by atoms with van der Waals surface area (Å²) in [5.41, 5.74) is 0.681. The molecule has 1 N–H and O–H groups in total. The number of sulfonamides is 1. The van der Waals surface area contributed by atoms with E-state index < -0.39 is 10.0 Å². The zero-order chi connectivity index (χ0) is 17.0. The van der Waals surface area contributed by atoms with Crippen LogP contribution in [-0.4, -0.2) is 36.7 Å². The minimum Gasteiger partial charge on any atom is -0.302 e. The zero-order valence-corrected chi connectivity index (χ0v) is 15.1. The lowest BCUT2D eigenvalue weighted by Gasteiger charge is -2.18. The average Bonchev–Trinajstić information content (AvgIpc) is 2.89. The number of rotatable bonds is 7. The number of nitrogens with one attached hydrogen (secondary N) is 1. The number of amides is 1. The van der Waals surface area contributed by atoms with Crippen LogP contribution in [0.1, 0.15) is 33.6 Å². The van der Waals surface area contributed by atoms with Crippen LogP contribution in [0.5, 0.6) is 0 Å². The van der Waals surface area contributed by atoms with E-state index in [4.69, 9.17) is 0 Å². The van der Waals surface area contributed by atoms with E-state index in [1.807, 2.05) is 20.8 Å². The van der Waals surface area contributed by atoms with Gasteiger partial charge in [0, 0.05) is 19.5 Å². The molecule has 0 aliphatic rings. The van der Waals surface area contributed by atoms with Crippen molar-refractivity contribution >= 4 is 42.6 Å². The van der Waals surface area contributed by atoms with E-state index in [9.17, 15) is 13.2 Å². The van der Waals surface area contributed by atoms with Crippen LogP contribution in [0.15, 0.2) is 23.1 Å². The second-order valence-corrected chi connectivity index (χ2v) is 8.00. The molecule has 0 unspecified atom stereocenters. The highest BCUT2D eigenvalue weighted by atomic mass is 32.2. The second-order valence-electron chi connectivity index (χ2n) is 5.04. The number of benzene rings is 1. The van der Waals surface area contributed by atoms with Gasteiger partial charge in [0.05, 0.1) is 15.1 Å². The molecule has 0 aliphatic carbocycles. The summed E-state index contributed by atoms with van der Waals surface area (Å²) >= 11 is 1.28. The molecule has 2 aromatic rings. The second kappa shape index (κ2) is 7.37. The van der Waals surface area contributed by atoms with Gasteiger partial charge in [0.2, 0.25) is 15.9 Å². The summed E-state index contributed by atoms with van der Waals surface area (Å²) in [7, 11) is -3.49. The molecule has 0 atom stereocenters. The van der Waals surface area contributed by atoms with Crippen molar-refractivity contribution in [2.24, 2.45) is 0 Å². The third-order valence-electron chi connectivity index (χ3n) is 3.43. The number of anilines is 1. The van der Waals surface area contributed by atoms with E-state index in [1.165, 1.54) is 15.6 Å². The molecule has 1 aromatic heterocycles. The predicted molar refractivity (Wildman–Crippen MR) is 93.3 cm³/mol. The fourth-order valence-corrected chi connectivity index (χ4v) is 4.72. The molecule has 0 saturated carbocycles. The van der Waals surface area contributed by atoms with E-state index >= 15 is 0 Å². The Morgan fingerprint density at radius 2 is 1.96 bits per heavy atom. The largest absolute Gasteiger partial charge is 0.302 e. The quantitative estimate of drug-likeness (QED) is 0.828. The molecular weight excluding hydrogens is 334 g/mol. The van der Waals surface area contributed by atoms with Crippen molar-refractivity contribution in [2.45, 2.75) is 38.5 Å². The lowest BCUT2D eigenvalue weighted by atomic mass is 10.3. The molecule has 0 fully saturated rings. The van der Waals surface area contributed by atoms with Crippen molar-refractivity contribution in [3.63, 3.8) is 0 Å². The van der Waals surface area contributed by atoms with E-state index in [0.29, 0.717) is 30.2 Å². The fraction of sp³-hybridized carbons (Fsp3) is 0.467. The number of nitrogens with zero attached hydrogens (tertiary/aromatic N) is 2. The molecule has 23 heavy (non-hydrogen) atoms. The lowest BCUT2D eigenvalue weighted by molar-refractivity contribution is -0.116. The van der Waals surface area contributed by atoms with Gasteiger partial charge in [-0.3, -0.25) is 4.79 Å². The fourth-order valence-electron chi connectivity index (χ4n) is 2.24. The maximum Gasteiger partial charge on any atom is 0.243 e. The van der Waals surface area contributed by atoms with Crippen LogP contribution in [0.4, 0.5) is 5.13 Å². The van der Waals surface area contributed by atoms with Gasteiger partial charge in [0.15, 0.2) is 5.13 Å². The Balaban J connectivity index is 2.34. The van der Waals surface area contributed by atoms with Gasteiger partial charge in [0.25, 0.3) is 0 Å². The standard InChI is InChI=1S/C15H21N3O3S2/c1-4-7-14(19)17-15-16-12-9-8-11(10-13(12)22-15)23(20,21)18(5-2)6-3/h8-10H,4-7H2,1-3H3,(H,16,17,19). The first-order chi connectivity index (χ1) is 10.9. The van der Waals surface area contributed by atoms with Gasteiger partial charge in [-0.15, -0.1) is 0 Å². The zero-order valence-electron chi connectivity index (χ0n) is 13.5. The van der Waals surface area contributed by atoms with E-state index in [1.54, 1.807) is 18.2 Å². The van der Waals surface area contributed by atoms with E-state index in [0.717, 1.165) is 11.1 Å². The predicted octanol–water partition coefficient (Wildman–Crippen LogP) is 3.07. The minimum atomic E-state index is -3.49. The number of hydrogen-bond acceptors (Lipinski definition) is 5. The first-order valence-electron chi connectivity index (χ1n) is 7.62. The summed E-state index contributed by atoms with van der Waals surface area (Å²) in [5.74, 6) is -0.0810. The van der Waals surface area contributed by atoms with Crippen LogP contribution in [0, 0.1) is 0 Å². The molecule has 1 aromatic carbocycles. The van der Waals surface area contributed by atoms with Gasteiger partial charge in [-0.05, 0) is 24.6 Å². The minimum absolute atomic E-state index is 0.0810. The van der Waals surface area contributed by atoms with Crippen molar-refractivity contribution in [1.29, 1.82) is 0 Å². The summed E-state index contributed by atoms with van der Waals surface area (Å²) in [6.45, 7) is 6.42. The van der Waals surface area contributed by atoms with Crippen LogP contribution >= 0.6 is 11.3 Å². The normalized spacial score (nSPS) is 12.0. The molecule has 8 heteroatoms. The highest BCUT2D eigenvalue weighted by molar-refractivity contribution is 7.89. The third kappa shape index (κ3) is 3.88. The third-order valence-corrected chi connectivity index (χ3v) is 6.41. The van der Waals surface area contributed by atoms with Gasteiger partial charge in [-0.1, -0.05) is 32.1 Å². The Bertz CT molecular complexity index is 795. The highest BCUT2D eigenvalue weighted by Crippen LogP contribution is 2.29. The molecule has 1 heterocycles. The molecule has 0 aliphatic heterocycles. The Labute approximate surface area is 140 Å². The van der Waals surface area contributed by atoms with Crippen molar-refractivity contribution in [2.75, 3.05) is 18.4 Å². The van der Waals surface area contributed by atoms with Gasteiger partial charge in [-0.25, -0.2) is 13.4 Å². The van der Waals surface area contributed by atoms with Crippen LogP contribution in [-0.2, 0) is 14.8 Å². The Hall–Kier alpha value is -1.51. The number of hydrogen-bond donors (Lipinski definition) is 1. The number of aromatic nitrogens is 1. The molecule has 0 bridgehead atoms. The first kappa shape index (κ1) is 17.8. The maximum absolute atomic E-state index is 12.5. The monoisotopic (exact) mass is 355 g/mol. The summed E-state index contributed by atoms with van der Waals surface area (Å²) < 4.78 is 27.3. The Morgan fingerprint density at radius 1 is 1.26 bits per heavy atom.